The topological polar surface area (TPSA) is 55.4 Å². The summed E-state index contributed by atoms with van der Waals surface area (Å²) in [7, 11) is 1.32. The first-order valence-corrected chi connectivity index (χ1v) is 6.59. The van der Waals surface area contributed by atoms with Crippen molar-refractivity contribution in [2.75, 3.05) is 12.4 Å². The molecule has 1 N–H and O–H groups in total. The molecule has 19 heavy (non-hydrogen) atoms. The molecule has 0 radical (unpaired) electrons. The maximum absolute atomic E-state index is 11.9. The van der Waals surface area contributed by atoms with Crippen LogP contribution in [0.2, 0.25) is 0 Å². The van der Waals surface area contributed by atoms with Gasteiger partial charge >= 0.3 is 5.97 Å². The SMILES string of the molecule is CCc1cccc(CC)c1NC(=O)CCC(=O)OC. The fourth-order valence-electron chi connectivity index (χ4n) is 1.92. The van der Waals surface area contributed by atoms with Crippen molar-refractivity contribution < 1.29 is 14.3 Å². The van der Waals surface area contributed by atoms with E-state index in [1.165, 1.54) is 7.11 Å². The van der Waals surface area contributed by atoms with Crippen LogP contribution in [0.3, 0.4) is 0 Å². The van der Waals surface area contributed by atoms with Gasteiger partial charge in [0.1, 0.15) is 0 Å². The highest BCUT2D eigenvalue weighted by Crippen LogP contribution is 2.22. The molecule has 0 fully saturated rings. The Balaban J connectivity index is 2.75. The number of anilines is 1. The Morgan fingerprint density at radius 3 is 2.16 bits per heavy atom. The summed E-state index contributed by atoms with van der Waals surface area (Å²) in [6.07, 6.45) is 1.98. The molecule has 0 saturated carbocycles. The van der Waals surface area contributed by atoms with Gasteiger partial charge in [0.15, 0.2) is 0 Å². The van der Waals surface area contributed by atoms with Gasteiger partial charge in [0.05, 0.1) is 13.5 Å². The first kappa shape index (κ1) is 15.2. The standard InChI is InChI=1S/C15H21NO3/c1-4-11-7-6-8-12(5-2)15(11)16-13(17)9-10-14(18)19-3/h6-8H,4-5,9-10H2,1-3H3,(H,16,17). The van der Waals surface area contributed by atoms with Crippen LogP contribution in [0.1, 0.15) is 37.8 Å². The van der Waals surface area contributed by atoms with Gasteiger partial charge in [-0.3, -0.25) is 9.59 Å². The minimum Gasteiger partial charge on any atom is -0.469 e. The van der Waals surface area contributed by atoms with E-state index in [-0.39, 0.29) is 24.7 Å². The predicted octanol–water partition coefficient (Wildman–Crippen LogP) is 2.70. The van der Waals surface area contributed by atoms with E-state index < -0.39 is 0 Å². The van der Waals surface area contributed by atoms with Crippen LogP contribution >= 0.6 is 0 Å². The van der Waals surface area contributed by atoms with Crippen molar-refractivity contribution in [3.63, 3.8) is 0 Å². The largest absolute Gasteiger partial charge is 0.469 e. The van der Waals surface area contributed by atoms with Gasteiger partial charge in [-0.05, 0) is 24.0 Å². The van der Waals surface area contributed by atoms with Gasteiger partial charge in [-0.25, -0.2) is 0 Å². The molecule has 0 atom stereocenters. The zero-order chi connectivity index (χ0) is 14.3. The molecule has 0 aliphatic heterocycles. The summed E-state index contributed by atoms with van der Waals surface area (Å²) in [5.74, 6) is -0.518. The van der Waals surface area contributed by atoms with E-state index in [4.69, 9.17) is 0 Å². The number of nitrogens with one attached hydrogen (secondary N) is 1. The lowest BCUT2D eigenvalue weighted by Crippen LogP contribution is -2.16. The molecule has 1 amide bonds. The van der Waals surface area contributed by atoms with Gasteiger partial charge < -0.3 is 10.1 Å². The lowest BCUT2D eigenvalue weighted by Gasteiger charge is -2.14. The number of amides is 1. The van der Waals surface area contributed by atoms with Crippen LogP contribution in [-0.4, -0.2) is 19.0 Å². The lowest BCUT2D eigenvalue weighted by atomic mass is 10.0. The molecular weight excluding hydrogens is 242 g/mol. The quantitative estimate of drug-likeness (QED) is 0.803. The third kappa shape index (κ3) is 4.39. The molecule has 104 valence electrons. The number of para-hydroxylation sites is 1. The van der Waals surface area contributed by atoms with Gasteiger partial charge in [-0.15, -0.1) is 0 Å². The van der Waals surface area contributed by atoms with Crippen LogP contribution in [0.4, 0.5) is 5.69 Å². The molecule has 0 heterocycles. The molecule has 0 aromatic heterocycles. The van der Waals surface area contributed by atoms with Crippen LogP contribution in [0, 0.1) is 0 Å². The molecule has 0 spiro atoms. The van der Waals surface area contributed by atoms with Crippen LogP contribution < -0.4 is 5.32 Å². The Labute approximate surface area is 114 Å². The summed E-state index contributed by atoms with van der Waals surface area (Å²) < 4.78 is 4.52. The Kier molecular flexibility index (Phi) is 6.06. The second-order valence-electron chi connectivity index (χ2n) is 4.28. The van der Waals surface area contributed by atoms with Crippen LogP contribution in [-0.2, 0) is 27.2 Å². The van der Waals surface area contributed by atoms with E-state index in [2.05, 4.69) is 23.9 Å². The number of aryl methyl sites for hydroxylation is 2. The molecule has 1 aromatic rings. The van der Waals surface area contributed by atoms with Crippen LogP contribution in [0.5, 0.6) is 0 Å². The highest BCUT2D eigenvalue weighted by Gasteiger charge is 2.11. The lowest BCUT2D eigenvalue weighted by molar-refractivity contribution is -0.141. The Morgan fingerprint density at radius 1 is 1.11 bits per heavy atom. The smallest absolute Gasteiger partial charge is 0.306 e. The Morgan fingerprint density at radius 2 is 1.68 bits per heavy atom. The number of carbonyl (C=O) groups excluding carboxylic acids is 2. The maximum atomic E-state index is 11.9. The van der Waals surface area contributed by atoms with Gasteiger partial charge in [0.2, 0.25) is 5.91 Å². The van der Waals surface area contributed by atoms with E-state index in [9.17, 15) is 9.59 Å². The number of ether oxygens (including phenoxy) is 1. The number of rotatable bonds is 6. The average Bonchev–Trinajstić information content (AvgIpc) is 2.44. The van der Waals surface area contributed by atoms with E-state index in [1.54, 1.807) is 0 Å². The third-order valence-electron chi connectivity index (χ3n) is 3.05. The molecule has 4 heteroatoms. The molecule has 0 saturated heterocycles. The number of hydrogen-bond donors (Lipinski definition) is 1. The maximum Gasteiger partial charge on any atom is 0.306 e. The second kappa shape index (κ2) is 7.56. The first-order valence-electron chi connectivity index (χ1n) is 6.59. The molecule has 4 nitrogen and oxygen atoms in total. The number of carbonyl (C=O) groups is 2. The van der Waals surface area contributed by atoms with Crippen LogP contribution in [0.25, 0.3) is 0 Å². The van der Waals surface area contributed by atoms with Crippen molar-refractivity contribution >= 4 is 17.6 Å². The Hall–Kier alpha value is -1.84. The zero-order valence-electron chi connectivity index (χ0n) is 11.8. The summed E-state index contributed by atoms with van der Waals surface area (Å²) in [6, 6.07) is 6.02. The van der Waals surface area contributed by atoms with Crippen molar-refractivity contribution in [1.82, 2.24) is 0 Å². The molecule has 1 aromatic carbocycles. The first-order chi connectivity index (χ1) is 9.12. The molecule has 0 bridgehead atoms. The molecule has 0 unspecified atom stereocenters. The average molecular weight is 263 g/mol. The molecular formula is C15H21NO3. The summed E-state index contributed by atoms with van der Waals surface area (Å²) in [5.41, 5.74) is 3.12. The molecule has 1 rings (SSSR count). The summed E-state index contributed by atoms with van der Waals surface area (Å²) in [4.78, 5) is 22.9. The number of hydrogen-bond acceptors (Lipinski definition) is 3. The highest BCUT2D eigenvalue weighted by atomic mass is 16.5. The van der Waals surface area contributed by atoms with E-state index in [1.807, 2.05) is 18.2 Å². The minimum absolute atomic E-state index is 0.109. The summed E-state index contributed by atoms with van der Waals surface area (Å²) >= 11 is 0. The molecule has 0 aliphatic carbocycles. The second-order valence-corrected chi connectivity index (χ2v) is 4.28. The van der Waals surface area contributed by atoms with Crippen molar-refractivity contribution in [2.24, 2.45) is 0 Å². The van der Waals surface area contributed by atoms with Crippen LogP contribution in [0.15, 0.2) is 18.2 Å². The summed E-state index contributed by atoms with van der Waals surface area (Å²) in [6.45, 7) is 4.11. The predicted molar refractivity (Wildman–Crippen MR) is 75.1 cm³/mol. The van der Waals surface area contributed by atoms with Crippen molar-refractivity contribution in [2.45, 2.75) is 39.5 Å². The molecule has 0 aliphatic rings. The summed E-state index contributed by atoms with van der Waals surface area (Å²) in [5, 5.41) is 2.91. The van der Waals surface area contributed by atoms with Gasteiger partial charge in [0.25, 0.3) is 0 Å². The fraction of sp³-hybridized carbons (Fsp3) is 0.467. The van der Waals surface area contributed by atoms with E-state index in [0.29, 0.717) is 0 Å². The normalized spacial score (nSPS) is 10.1. The Bertz CT molecular complexity index is 432. The number of benzene rings is 1. The highest BCUT2D eigenvalue weighted by molar-refractivity contribution is 5.94. The monoisotopic (exact) mass is 263 g/mol. The van der Waals surface area contributed by atoms with E-state index in [0.717, 1.165) is 29.7 Å². The number of esters is 1. The van der Waals surface area contributed by atoms with E-state index >= 15 is 0 Å². The minimum atomic E-state index is -0.366. The van der Waals surface area contributed by atoms with Gasteiger partial charge in [-0.1, -0.05) is 32.0 Å². The van der Waals surface area contributed by atoms with Gasteiger partial charge in [0, 0.05) is 12.1 Å². The van der Waals surface area contributed by atoms with Gasteiger partial charge in [-0.2, -0.15) is 0 Å². The van der Waals surface area contributed by atoms with Crippen molar-refractivity contribution in [1.29, 1.82) is 0 Å². The van der Waals surface area contributed by atoms with Crippen molar-refractivity contribution in [3.05, 3.63) is 29.3 Å². The zero-order valence-corrected chi connectivity index (χ0v) is 11.8. The van der Waals surface area contributed by atoms with Crippen molar-refractivity contribution in [3.8, 4) is 0 Å². The number of methoxy groups -OCH3 is 1. The fourth-order valence-corrected chi connectivity index (χ4v) is 1.92. The third-order valence-corrected chi connectivity index (χ3v) is 3.05.